The van der Waals surface area contributed by atoms with Gasteiger partial charge in [-0.1, -0.05) is 50.2 Å². The quantitative estimate of drug-likeness (QED) is 0.375. The van der Waals surface area contributed by atoms with E-state index in [0.29, 0.717) is 25.3 Å². The van der Waals surface area contributed by atoms with Crippen molar-refractivity contribution in [2.45, 2.75) is 52.0 Å². The van der Waals surface area contributed by atoms with Gasteiger partial charge >= 0.3 is 0 Å². The van der Waals surface area contributed by atoms with Crippen molar-refractivity contribution in [3.63, 3.8) is 0 Å². The summed E-state index contributed by atoms with van der Waals surface area (Å²) >= 11 is 1.44. The normalized spacial score (nSPS) is 11.6. The fourth-order valence-corrected chi connectivity index (χ4v) is 4.18. The molecule has 0 heterocycles. The molecule has 8 heteroatoms. The lowest BCUT2D eigenvalue weighted by Gasteiger charge is -2.31. The highest BCUT2D eigenvalue weighted by molar-refractivity contribution is 7.99. The van der Waals surface area contributed by atoms with E-state index in [1.807, 2.05) is 45.0 Å². The highest BCUT2D eigenvalue weighted by Gasteiger charge is 2.28. The van der Waals surface area contributed by atoms with E-state index < -0.39 is 11.0 Å². The molecule has 32 heavy (non-hydrogen) atoms. The Labute approximate surface area is 193 Å². The van der Waals surface area contributed by atoms with Crippen LogP contribution < -0.4 is 5.32 Å². The Bertz CT molecular complexity index is 918. The van der Waals surface area contributed by atoms with Gasteiger partial charge in [-0.25, -0.2) is 0 Å². The van der Waals surface area contributed by atoms with Crippen LogP contribution in [-0.4, -0.2) is 40.0 Å². The standard InChI is InChI=1S/C24H31N3O4S/c1-4-14-25-24(29)22(5-2)26(15-20-9-7-6-8-18(20)3)23(28)17-32-16-19-10-12-21(13-11-19)27(30)31/h6-13,22H,4-5,14-17H2,1-3H3,(H,25,29). The maximum absolute atomic E-state index is 13.2. The molecule has 2 amide bonds. The van der Waals surface area contributed by atoms with Gasteiger partial charge in [-0.15, -0.1) is 11.8 Å². The van der Waals surface area contributed by atoms with Crippen LogP contribution in [0.4, 0.5) is 5.69 Å². The second kappa shape index (κ2) is 12.9. The summed E-state index contributed by atoms with van der Waals surface area (Å²) in [6.07, 6.45) is 1.36. The summed E-state index contributed by atoms with van der Waals surface area (Å²) < 4.78 is 0. The van der Waals surface area contributed by atoms with Crippen molar-refractivity contribution in [3.05, 3.63) is 75.3 Å². The van der Waals surface area contributed by atoms with E-state index in [1.165, 1.54) is 23.9 Å². The molecular formula is C24H31N3O4S. The van der Waals surface area contributed by atoms with Gasteiger partial charge in [0.1, 0.15) is 6.04 Å². The molecule has 2 rings (SSSR count). The van der Waals surface area contributed by atoms with Crippen molar-refractivity contribution in [1.29, 1.82) is 0 Å². The highest BCUT2D eigenvalue weighted by Crippen LogP contribution is 2.20. The average molecular weight is 458 g/mol. The van der Waals surface area contributed by atoms with Crippen LogP contribution in [0.5, 0.6) is 0 Å². The average Bonchev–Trinajstić information content (AvgIpc) is 2.79. The Kier molecular flexibility index (Phi) is 10.2. The van der Waals surface area contributed by atoms with Crippen LogP contribution in [0, 0.1) is 17.0 Å². The minimum absolute atomic E-state index is 0.0445. The van der Waals surface area contributed by atoms with Crippen molar-refractivity contribution >= 4 is 29.3 Å². The van der Waals surface area contributed by atoms with Gasteiger partial charge in [0.15, 0.2) is 0 Å². The van der Waals surface area contributed by atoms with Gasteiger partial charge in [-0.2, -0.15) is 0 Å². The molecule has 0 aliphatic heterocycles. The van der Waals surface area contributed by atoms with Crippen molar-refractivity contribution in [3.8, 4) is 0 Å². The lowest BCUT2D eigenvalue weighted by atomic mass is 10.1. The molecular weight excluding hydrogens is 426 g/mol. The Morgan fingerprint density at radius 2 is 1.81 bits per heavy atom. The van der Waals surface area contributed by atoms with E-state index in [1.54, 1.807) is 17.0 Å². The molecule has 1 unspecified atom stereocenters. The zero-order chi connectivity index (χ0) is 23.5. The predicted octanol–water partition coefficient (Wildman–Crippen LogP) is 4.47. The van der Waals surface area contributed by atoms with Crippen molar-refractivity contribution in [2.24, 2.45) is 0 Å². The molecule has 172 valence electrons. The van der Waals surface area contributed by atoms with Crippen LogP contribution in [0.2, 0.25) is 0 Å². The van der Waals surface area contributed by atoms with Crippen molar-refractivity contribution in [2.75, 3.05) is 12.3 Å². The Hall–Kier alpha value is -2.87. The molecule has 0 spiro atoms. The van der Waals surface area contributed by atoms with Crippen molar-refractivity contribution in [1.82, 2.24) is 10.2 Å². The summed E-state index contributed by atoms with van der Waals surface area (Å²) in [5.74, 6) is 0.552. The number of rotatable bonds is 12. The molecule has 2 aromatic carbocycles. The summed E-state index contributed by atoms with van der Waals surface area (Å²) in [6, 6.07) is 13.7. The minimum atomic E-state index is -0.534. The fourth-order valence-electron chi connectivity index (χ4n) is 3.31. The van der Waals surface area contributed by atoms with Gasteiger partial charge < -0.3 is 10.2 Å². The first-order chi connectivity index (χ1) is 15.4. The number of hydrogen-bond acceptors (Lipinski definition) is 5. The van der Waals surface area contributed by atoms with Gasteiger partial charge in [0.25, 0.3) is 5.69 Å². The molecule has 7 nitrogen and oxygen atoms in total. The molecule has 1 atom stereocenters. The molecule has 0 fully saturated rings. The van der Waals surface area contributed by atoms with Crippen LogP contribution in [0.15, 0.2) is 48.5 Å². The monoisotopic (exact) mass is 457 g/mol. The zero-order valence-corrected chi connectivity index (χ0v) is 19.7. The maximum Gasteiger partial charge on any atom is 0.269 e. The van der Waals surface area contributed by atoms with Crippen LogP contribution in [0.1, 0.15) is 43.4 Å². The van der Waals surface area contributed by atoms with E-state index in [4.69, 9.17) is 0 Å². The number of amides is 2. The summed E-state index contributed by atoms with van der Waals surface area (Å²) in [4.78, 5) is 38.0. The number of carbonyl (C=O) groups excluding carboxylic acids is 2. The number of non-ortho nitro benzene ring substituents is 1. The van der Waals surface area contributed by atoms with Gasteiger partial charge in [0.2, 0.25) is 11.8 Å². The fraction of sp³-hybridized carbons (Fsp3) is 0.417. The Morgan fingerprint density at radius 1 is 1.12 bits per heavy atom. The van der Waals surface area contributed by atoms with E-state index >= 15 is 0 Å². The number of nitro groups is 1. The number of aryl methyl sites for hydroxylation is 1. The van der Waals surface area contributed by atoms with Gasteiger partial charge in [-0.3, -0.25) is 19.7 Å². The molecule has 0 bridgehead atoms. The SMILES string of the molecule is CCCNC(=O)C(CC)N(Cc1ccccc1C)C(=O)CSCc1ccc([N+](=O)[O-])cc1. The molecule has 1 N–H and O–H groups in total. The van der Waals surface area contributed by atoms with Crippen LogP contribution >= 0.6 is 11.8 Å². The number of hydrogen-bond donors (Lipinski definition) is 1. The zero-order valence-electron chi connectivity index (χ0n) is 18.9. The lowest BCUT2D eigenvalue weighted by Crippen LogP contribution is -2.49. The number of nitrogens with one attached hydrogen (secondary N) is 1. The Balaban J connectivity index is 2.10. The molecule has 0 saturated heterocycles. The van der Waals surface area contributed by atoms with Crippen LogP contribution in [0.25, 0.3) is 0 Å². The minimum Gasteiger partial charge on any atom is -0.354 e. The molecule has 0 aliphatic rings. The first-order valence-corrected chi connectivity index (χ1v) is 12.0. The van der Waals surface area contributed by atoms with E-state index in [-0.39, 0.29) is 23.3 Å². The smallest absolute Gasteiger partial charge is 0.269 e. The number of benzene rings is 2. The predicted molar refractivity (Wildman–Crippen MR) is 128 cm³/mol. The number of nitro benzene ring substituents is 1. The molecule has 0 aromatic heterocycles. The summed E-state index contributed by atoms with van der Waals surface area (Å²) in [6.45, 7) is 6.86. The van der Waals surface area contributed by atoms with Crippen molar-refractivity contribution < 1.29 is 14.5 Å². The molecule has 0 saturated carbocycles. The maximum atomic E-state index is 13.2. The molecule has 0 radical (unpaired) electrons. The second-order valence-corrected chi connectivity index (χ2v) is 8.57. The summed E-state index contributed by atoms with van der Waals surface area (Å²) in [7, 11) is 0. The third kappa shape index (κ3) is 7.37. The second-order valence-electron chi connectivity index (χ2n) is 7.58. The molecule has 0 aliphatic carbocycles. The molecule has 2 aromatic rings. The Morgan fingerprint density at radius 3 is 2.41 bits per heavy atom. The topological polar surface area (TPSA) is 92.6 Å². The van der Waals surface area contributed by atoms with Gasteiger partial charge in [0, 0.05) is 31.0 Å². The van der Waals surface area contributed by atoms with Gasteiger partial charge in [0.05, 0.1) is 10.7 Å². The van der Waals surface area contributed by atoms with Crippen LogP contribution in [0.3, 0.4) is 0 Å². The first-order valence-electron chi connectivity index (χ1n) is 10.8. The lowest BCUT2D eigenvalue weighted by molar-refractivity contribution is -0.384. The summed E-state index contributed by atoms with van der Waals surface area (Å²) in [5.41, 5.74) is 3.05. The first kappa shape index (κ1) is 25.4. The van der Waals surface area contributed by atoms with E-state index in [0.717, 1.165) is 23.1 Å². The third-order valence-electron chi connectivity index (χ3n) is 5.18. The largest absolute Gasteiger partial charge is 0.354 e. The number of carbonyl (C=O) groups is 2. The number of thioether (sulfide) groups is 1. The van der Waals surface area contributed by atoms with Gasteiger partial charge in [-0.05, 0) is 36.5 Å². The third-order valence-corrected chi connectivity index (χ3v) is 6.17. The number of nitrogens with zero attached hydrogens (tertiary/aromatic N) is 2. The van der Waals surface area contributed by atoms with Crippen LogP contribution in [-0.2, 0) is 21.9 Å². The highest BCUT2D eigenvalue weighted by atomic mass is 32.2. The van der Waals surface area contributed by atoms with E-state index in [9.17, 15) is 19.7 Å². The summed E-state index contributed by atoms with van der Waals surface area (Å²) in [5, 5.41) is 13.7. The van der Waals surface area contributed by atoms with E-state index in [2.05, 4.69) is 5.32 Å².